The van der Waals surface area contributed by atoms with Crippen LogP contribution >= 0.6 is 11.8 Å². The molecule has 2 unspecified atom stereocenters. The lowest BCUT2D eigenvalue weighted by Gasteiger charge is -2.30. The van der Waals surface area contributed by atoms with Gasteiger partial charge < -0.3 is 4.74 Å². The monoisotopic (exact) mass is 307 g/mol. The summed E-state index contributed by atoms with van der Waals surface area (Å²) < 4.78 is 5.01. The van der Waals surface area contributed by atoms with Crippen LogP contribution < -0.4 is 5.32 Å². The van der Waals surface area contributed by atoms with Gasteiger partial charge in [0.25, 0.3) is 0 Å². The van der Waals surface area contributed by atoms with Gasteiger partial charge in [0.2, 0.25) is 0 Å². The molecule has 0 aliphatic heterocycles. The third kappa shape index (κ3) is 4.48. The molecular formula is C17H25NO2S. The first-order valence-electron chi connectivity index (χ1n) is 7.53. The predicted molar refractivity (Wildman–Crippen MR) is 87.7 cm³/mol. The second kappa shape index (κ2) is 6.84. The van der Waals surface area contributed by atoms with E-state index < -0.39 is 5.54 Å². The molecule has 0 aromatic heterocycles. The Hall–Kier alpha value is -1.00. The van der Waals surface area contributed by atoms with Gasteiger partial charge in [-0.15, -0.1) is 11.8 Å². The molecule has 0 radical (unpaired) electrons. The number of hydrogen-bond acceptors (Lipinski definition) is 4. The number of nitrogens with one attached hydrogen (secondary N) is 1. The molecule has 0 heterocycles. The summed E-state index contributed by atoms with van der Waals surface area (Å²) in [5.74, 6) is -0.161. The minimum atomic E-state index is -0.592. The number of thioether (sulfide) groups is 1. The molecule has 3 nitrogen and oxygen atoms in total. The van der Waals surface area contributed by atoms with Crippen molar-refractivity contribution in [2.24, 2.45) is 0 Å². The zero-order chi connectivity index (χ0) is 15.5. The molecule has 1 aliphatic rings. The summed E-state index contributed by atoms with van der Waals surface area (Å²) in [4.78, 5) is 13.4. The summed E-state index contributed by atoms with van der Waals surface area (Å²) in [6.45, 7) is 6.26. The number of hydrogen-bond donors (Lipinski definition) is 1. The highest BCUT2D eigenvalue weighted by Gasteiger charge is 2.40. The Kier molecular flexibility index (Phi) is 5.33. The van der Waals surface area contributed by atoms with E-state index in [9.17, 15) is 4.79 Å². The minimum absolute atomic E-state index is 0.161. The van der Waals surface area contributed by atoms with Crippen LogP contribution in [0.1, 0.15) is 38.7 Å². The van der Waals surface area contributed by atoms with Gasteiger partial charge in [0.15, 0.2) is 0 Å². The first kappa shape index (κ1) is 16.4. The maximum atomic E-state index is 12.2. The van der Waals surface area contributed by atoms with Crippen LogP contribution in [0.4, 0.5) is 0 Å². The summed E-state index contributed by atoms with van der Waals surface area (Å²) in [5.41, 5.74) is 0.689. The zero-order valence-corrected chi connectivity index (χ0v) is 14.1. The molecule has 21 heavy (non-hydrogen) atoms. The van der Waals surface area contributed by atoms with Crippen molar-refractivity contribution in [2.75, 3.05) is 7.11 Å². The van der Waals surface area contributed by atoms with Crippen LogP contribution in [0.15, 0.2) is 29.2 Å². The second-order valence-corrected chi connectivity index (χ2v) is 7.62. The average molecular weight is 307 g/mol. The summed E-state index contributed by atoms with van der Waals surface area (Å²) >= 11 is 1.82. The van der Waals surface area contributed by atoms with Gasteiger partial charge in [0.1, 0.15) is 5.54 Å². The average Bonchev–Trinajstić information content (AvgIpc) is 3.24. The maximum Gasteiger partial charge on any atom is 0.325 e. The van der Waals surface area contributed by atoms with E-state index in [1.807, 2.05) is 18.7 Å². The number of benzene rings is 1. The van der Waals surface area contributed by atoms with Crippen molar-refractivity contribution in [1.82, 2.24) is 5.32 Å². The maximum absolute atomic E-state index is 12.2. The summed E-state index contributed by atoms with van der Waals surface area (Å²) in [7, 11) is 1.47. The lowest BCUT2D eigenvalue weighted by Crippen LogP contribution is -2.52. The van der Waals surface area contributed by atoms with Crippen LogP contribution in [0.5, 0.6) is 0 Å². The number of aryl methyl sites for hydroxylation is 1. The fraction of sp³-hybridized carbons (Fsp3) is 0.588. The molecule has 1 N–H and O–H groups in total. The number of carbonyl (C=O) groups is 1. The van der Waals surface area contributed by atoms with Crippen molar-refractivity contribution in [2.45, 2.75) is 61.8 Å². The Morgan fingerprint density at radius 1 is 1.48 bits per heavy atom. The van der Waals surface area contributed by atoms with Gasteiger partial charge in [-0.25, -0.2) is 0 Å². The lowest BCUT2D eigenvalue weighted by molar-refractivity contribution is -0.148. The topological polar surface area (TPSA) is 38.3 Å². The van der Waals surface area contributed by atoms with E-state index in [1.54, 1.807) is 0 Å². The summed E-state index contributed by atoms with van der Waals surface area (Å²) in [6.07, 6.45) is 3.08. The fourth-order valence-corrected chi connectivity index (χ4v) is 3.89. The van der Waals surface area contributed by atoms with Crippen LogP contribution in [0.2, 0.25) is 0 Å². The van der Waals surface area contributed by atoms with Gasteiger partial charge in [-0.2, -0.15) is 0 Å². The quantitative estimate of drug-likeness (QED) is 0.617. The molecular weight excluding hydrogens is 282 g/mol. The molecule has 0 bridgehead atoms. The Labute approximate surface area is 131 Å². The van der Waals surface area contributed by atoms with Crippen molar-refractivity contribution < 1.29 is 9.53 Å². The molecule has 1 aliphatic carbocycles. The minimum Gasteiger partial charge on any atom is -0.468 e. The molecule has 0 spiro atoms. The highest BCUT2D eigenvalue weighted by atomic mass is 32.2. The highest BCUT2D eigenvalue weighted by Crippen LogP contribution is 2.33. The number of esters is 1. The Balaban J connectivity index is 2.02. The normalized spacial score (nSPS) is 18.9. The van der Waals surface area contributed by atoms with E-state index >= 15 is 0 Å². The fourth-order valence-electron chi connectivity index (χ4n) is 2.63. The molecule has 0 amide bonds. The second-order valence-electron chi connectivity index (χ2n) is 6.14. The van der Waals surface area contributed by atoms with E-state index in [1.165, 1.54) is 17.6 Å². The lowest BCUT2D eigenvalue weighted by atomic mass is 9.96. The van der Waals surface area contributed by atoms with Gasteiger partial charge in [-0.05, 0) is 44.7 Å². The molecule has 2 rings (SSSR count). The first-order chi connectivity index (χ1) is 9.94. The SMILES string of the molecule is COC(=O)C(C)(CC(C)Sc1ccccc1C)NC1CC1. The van der Waals surface area contributed by atoms with Crippen molar-refractivity contribution in [3.8, 4) is 0 Å². The van der Waals surface area contributed by atoms with Gasteiger partial charge >= 0.3 is 5.97 Å². The van der Waals surface area contributed by atoms with Crippen molar-refractivity contribution in [3.63, 3.8) is 0 Å². The molecule has 2 atom stereocenters. The van der Waals surface area contributed by atoms with Crippen LogP contribution in [-0.4, -0.2) is 29.9 Å². The molecule has 1 aromatic carbocycles. The van der Waals surface area contributed by atoms with E-state index in [4.69, 9.17) is 4.74 Å². The van der Waals surface area contributed by atoms with E-state index in [0.717, 1.165) is 19.3 Å². The summed E-state index contributed by atoms with van der Waals surface area (Å²) in [6, 6.07) is 8.85. The van der Waals surface area contributed by atoms with Gasteiger partial charge in [-0.3, -0.25) is 10.1 Å². The molecule has 1 aromatic rings. The van der Waals surface area contributed by atoms with Crippen LogP contribution in [0, 0.1) is 6.92 Å². The van der Waals surface area contributed by atoms with Crippen molar-refractivity contribution >= 4 is 17.7 Å². The number of rotatable bonds is 7. The highest BCUT2D eigenvalue weighted by molar-refractivity contribution is 8.00. The van der Waals surface area contributed by atoms with Crippen LogP contribution in [0.25, 0.3) is 0 Å². The third-order valence-corrected chi connectivity index (χ3v) is 5.13. The van der Waals surface area contributed by atoms with E-state index in [2.05, 4.69) is 43.4 Å². The van der Waals surface area contributed by atoms with Crippen molar-refractivity contribution in [3.05, 3.63) is 29.8 Å². The standard InChI is InChI=1S/C17H25NO2S/c1-12-7-5-6-8-15(12)21-13(2)11-17(3,16(19)20-4)18-14-9-10-14/h5-8,13-14,18H,9-11H2,1-4H3. The van der Waals surface area contributed by atoms with Gasteiger partial charge in [-0.1, -0.05) is 25.1 Å². The molecule has 1 fully saturated rings. The number of ether oxygens (including phenoxy) is 1. The Bertz CT molecular complexity index is 501. The van der Waals surface area contributed by atoms with Gasteiger partial charge in [0, 0.05) is 16.2 Å². The van der Waals surface area contributed by atoms with Crippen molar-refractivity contribution in [1.29, 1.82) is 0 Å². The Morgan fingerprint density at radius 3 is 2.71 bits per heavy atom. The molecule has 1 saturated carbocycles. The predicted octanol–water partition coefficient (Wildman–Crippen LogP) is 3.55. The van der Waals surface area contributed by atoms with Crippen LogP contribution in [0.3, 0.4) is 0 Å². The molecule has 0 saturated heterocycles. The van der Waals surface area contributed by atoms with E-state index in [0.29, 0.717) is 11.3 Å². The van der Waals surface area contributed by atoms with Gasteiger partial charge in [0.05, 0.1) is 7.11 Å². The first-order valence-corrected chi connectivity index (χ1v) is 8.41. The zero-order valence-electron chi connectivity index (χ0n) is 13.3. The van der Waals surface area contributed by atoms with Crippen LogP contribution in [-0.2, 0) is 9.53 Å². The number of carbonyl (C=O) groups excluding carboxylic acids is 1. The third-order valence-electron chi connectivity index (χ3n) is 3.85. The molecule has 4 heteroatoms. The summed E-state index contributed by atoms with van der Waals surface area (Å²) in [5, 5.41) is 3.80. The largest absolute Gasteiger partial charge is 0.468 e. The number of methoxy groups -OCH3 is 1. The smallest absolute Gasteiger partial charge is 0.325 e. The molecule has 116 valence electrons. The van der Waals surface area contributed by atoms with E-state index in [-0.39, 0.29) is 5.97 Å². The Morgan fingerprint density at radius 2 is 2.14 bits per heavy atom.